The summed E-state index contributed by atoms with van der Waals surface area (Å²) < 4.78 is 9.88. The van der Waals surface area contributed by atoms with Crippen LogP contribution in [0.25, 0.3) is 0 Å². The quantitative estimate of drug-likeness (QED) is 0.563. The van der Waals surface area contributed by atoms with Crippen molar-refractivity contribution in [3.8, 4) is 0 Å². The Hall–Kier alpha value is -2.84. The van der Waals surface area contributed by atoms with E-state index in [1.165, 1.54) is 6.26 Å². The molecule has 134 valence electrons. The van der Waals surface area contributed by atoms with Crippen LogP contribution in [0.15, 0.2) is 22.8 Å². The lowest BCUT2D eigenvalue weighted by Crippen LogP contribution is -2.44. The van der Waals surface area contributed by atoms with E-state index in [9.17, 15) is 19.2 Å². The van der Waals surface area contributed by atoms with Crippen LogP contribution in [0, 0.1) is 0 Å². The van der Waals surface area contributed by atoms with Gasteiger partial charge in [-0.1, -0.05) is 12.8 Å². The molecule has 1 aliphatic carbocycles. The van der Waals surface area contributed by atoms with Crippen LogP contribution in [0.5, 0.6) is 0 Å². The molecule has 1 spiro atoms. The molecule has 1 saturated carbocycles. The van der Waals surface area contributed by atoms with Crippen LogP contribution >= 0.6 is 0 Å². The number of nitrogens with one attached hydrogen (secondary N) is 2. The molecule has 9 nitrogen and oxygen atoms in total. The number of rotatable bonds is 6. The summed E-state index contributed by atoms with van der Waals surface area (Å²) in [4.78, 5) is 48.7. The fraction of sp³-hybridized carbons (Fsp3) is 0.500. The van der Waals surface area contributed by atoms with Crippen molar-refractivity contribution in [1.82, 2.24) is 15.5 Å². The summed E-state index contributed by atoms with van der Waals surface area (Å²) in [5.41, 5.74) is -0.863. The smallest absolute Gasteiger partial charge is 0.326 e. The number of ether oxygens (including phenoxy) is 1. The zero-order valence-corrected chi connectivity index (χ0v) is 13.6. The normalized spacial score (nSPS) is 18.5. The van der Waals surface area contributed by atoms with Crippen molar-refractivity contribution in [3.63, 3.8) is 0 Å². The number of esters is 1. The van der Waals surface area contributed by atoms with Gasteiger partial charge < -0.3 is 19.8 Å². The molecule has 1 aliphatic heterocycles. The maximum atomic E-state index is 12.4. The number of carbonyl (C=O) groups excluding carboxylic acids is 4. The lowest BCUT2D eigenvalue weighted by Gasteiger charge is -2.19. The number of amides is 4. The largest absolute Gasteiger partial charge is 0.467 e. The molecule has 0 bridgehead atoms. The molecule has 4 amide bonds. The third-order valence-corrected chi connectivity index (χ3v) is 4.39. The van der Waals surface area contributed by atoms with Crippen LogP contribution in [-0.2, 0) is 25.7 Å². The lowest BCUT2D eigenvalue weighted by atomic mass is 9.98. The Kier molecular flexibility index (Phi) is 4.73. The first kappa shape index (κ1) is 17.0. The van der Waals surface area contributed by atoms with Gasteiger partial charge in [0, 0.05) is 0 Å². The minimum absolute atomic E-state index is 0.179. The number of furan rings is 1. The van der Waals surface area contributed by atoms with Gasteiger partial charge in [-0.05, 0) is 25.0 Å². The van der Waals surface area contributed by atoms with Gasteiger partial charge >= 0.3 is 12.0 Å². The monoisotopic (exact) mass is 349 g/mol. The molecule has 0 radical (unpaired) electrons. The Labute approximate surface area is 143 Å². The van der Waals surface area contributed by atoms with E-state index in [1.807, 2.05) is 0 Å². The molecule has 3 rings (SSSR count). The zero-order chi connectivity index (χ0) is 17.9. The highest BCUT2D eigenvalue weighted by Gasteiger charge is 2.52. The molecule has 2 aliphatic rings. The van der Waals surface area contributed by atoms with Crippen LogP contribution in [-0.4, -0.2) is 47.4 Å². The second-order valence-corrected chi connectivity index (χ2v) is 6.13. The van der Waals surface area contributed by atoms with Crippen molar-refractivity contribution in [2.24, 2.45) is 0 Å². The third kappa shape index (κ3) is 3.65. The summed E-state index contributed by atoms with van der Waals surface area (Å²) in [6, 6.07) is 2.80. The molecule has 1 aromatic rings. The average Bonchev–Trinajstić information content (AvgIpc) is 3.31. The summed E-state index contributed by atoms with van der Waals surface area (Å²) >= 11 is 0. The second kappa shape index (κ2) is 6.96. The average molecular weight is 349 g/mol. The van der Waals surface area contributed by atoms with E-state index in [0.29, 0.717) is 18.6 Å². The molecule has 2 heterocycles. The Bertz CT molecular complexity index is 678. The van der Waals surface area contributed by atoms with Crippen LogP contribution in [0.3, 0.4) is 0 Å². The predicted molar refractivity (Wildman–Crippen MR) is 83.0 cm³/mol. The molecular formula is C16H19N3O6. The summed E-state index contributed by atoms with van der Waals surface area (Å²) in [7, 11) is 0. The first-order chi connectivity index (χ1) is 12.0. The van der Waals surface area contributed by atoms with E-state index in [1.54, 1.807) is 12.1 Å². The Morgan fingerprint density at radius 1 is 1.32 bits per heavy atom. The van der Waals surface area contributed by atoms with Gasteiger partial charge in [-0.3, -0.25) is 19.3 Å². The van der Waals surface area contributed by atoms with Gasteiger partial charge in [0.1, 0.15) is 17.8 Å². The predicted octanol–water partition coefficient (Wildman–Crippen LogP) is 0.304. The summed E-state index contributed by atoms with van der Waals surface area (Å²) in [5.74, 6) is -1.14. The maximum absolute atomic E-state index is 12.4. The Morgan fingerprint density at radius 3 is 2.76 bits per heavy atom. The molecule has 1 aromatic heterocycles. The molecule has 1 saturated heterocycles. The molecule has 0 atom stereocenters. The lowest BCUT2D eigenvalue weighted by molar-refractivity contribution is -0.151. The minimum atomic E-state index is -0.863. The van der Waals surface area contributed by atoms with Gasteiger partial charge in [-0.2, -0.15) is 0 Å². The first-order valence-corrected chi connectivity index (χ1v) is 8.09. The minimum Gasteiger partial charge on any atom is -0.467 e. The van der Waals surface area contributed by atoms with Crippen LogP contribution < -0.4 is 10.6 Å². The van der Waals surface area contributed by atoms with E-state index in [0.717, 1.165) is 17.7 Å². The molecule has 25 heavy (non-hydrogen) atoms. The maximum Gasteiger partial charge on any atom is 0.326 e. The van der Waals surface area contributed by atoms with Crippen molar-refractivity contribution in [2.75, 3.05) is 13.2 Å². The Morgan fingerprint density at radius 2 is 2.08 bits per heavy atom. The van der Waals surface area contributed by atoms with Crippen molar-refractivity contribution in [1.29, 1.82) is 0 Å². The van der Waals surface area contributed by atoms with Crippen LogP contribution in [0.2, 0.25) is 0 Å². The third-order valence-electron chi connectivity index (χ3n) is 4.39. The molecule has 9 heteroatoms. The number of carbonyl (C=O) groups is 4. The van der Waals surface area contributed by atoms with Gasteiger partial charge in [0.25, 0.3) is 11.8 Å². The SMILES string of the molecule is O=C(COC(=O)CN1C(=O)NC2(CCCC2)C1=O)NCc1ccco1. The molecule has 0 unspecified atom stereocenters. The molecule has 0 aromatic carbocycles. The standard InChI is InChI=1S/C16H19N3O6/c20-12(17-8-11-4-3-7-24-11)10-25-13(21)9-19-14(22)16(18-15(19)23)5-1-2-6-16/h3-4,7H,1-2,5-6,8-10H2,(H,17,20)(H,18,23). The molecule has 2 N–H and O–H groups in total. The van der Waals surface area contributed by atoms with Gasteiger partial charge in [0.15, 0.2) is 6.61 Å². The van der Waals surface area contributed by atoms with Gasteiger partial charge in [0.2, 0.25) is 0 Å². The molecule has 2 fully saturated rings. The van der Waals surface area contributed by atoms with Crippen molar-refractivity contribution in [3.05, 3.63) is 24.2 Å². The van der Waals surface area contributed by atoms with Crippen molar-refractivity contribution in [2.45, 2.75) is 37.8 Å². The van der Waals surface area contributed by atoms with Crippen LogP contribution in [0.4, 0.5) is 4.79 Å². The highest BCUT2D eigenvalue weighted by Crippen LogP contribution is 2.34. The first-order valence-electron chi connectivity index (χ1n) is 8.09. The van der Waals surface area contributed by atoms with E-state index in [-0.39, 0.29) is 6.54 Å². The number of imide groups is 1. The zero-order valence-electron chi connectivity index (χ0n) is 13.6. The van der Waals surface area contributed by atoms with E-state index in [2.05, 4.69) is 10.6 Å². The number of hydrogen-bond donors (Lipinski definition) is 2. The summed E-state index contributed by atoms with van der Waals surface area (Å²) in [5, 5.41) is 5.20. The van der Waals surface area contributed by atoms with Gasteiger partial charge in [0.05, 0.1) is 12.8 Å². The fourth-order valence-electron chi connectivity index (χ4n) is 3.11. The second-order valence-electron chi connectivity index (χ2n) is 6.13. The summed E-state index contributed by atoms with van der Waals surface area (Å²) in [6.45, 7) is -0.814. The highest BCUT2D eigenvalue weighted by atomic mass is 16.5. The number of hydrogen-bond acceptors (Lipinski definition) is 6. The van der Waals surface area contributed by atoms with Crippen LogP contribution in [0.1, 0.15) is 31.4 Å². The summed E-state index contributed by atoms with van der Waals surface area (Å²) in [6.07, 6.45) is 4.37. The van der Waals surface area contributed by atoms with E-state index >= 15 is 0 Å². The van der Waals surface area contributed by atoms with Gasteiger partial charge in [-0.15, -0.1) is 0 Å². The van der Waals surface area contributed by atoms with Gasteiger partial charge in [-0.25, -0.2) is 4.79 Å². The van der Waals surface area contributed by atoms with E-state index in [4.69, 9.17) is 9.15 Å². The van der Waals surface area contributed by atoms with Crippen molar-refractivity contribution >= 4 is 23.8 Å². The number of nitrogens with zero attached hydrogens (tertiary/aromatic N) is 1. The number of urea groups is 1. The molecular weight excluding hydrogens is 330 g/mol. The topological polar surface area (TPSA) is 118 Å². The Balaban J connectivity index is 1.43. The van der Waals surface area contributed by atoms with E-state index < -0.39 is 42.5 Å². The fourth-order valence-corrected chi connectivity index (χ4v) is 3.11. The highest BCUT2D eigenvalue weighted by molar-refractivity contribution is 6.08. The van der Waals surface area contributed by atoms with Crippen molar-refractivity contribution < 1.29 is 28.3 Å².